The van der Waals surface area contributed by atoms with Crippen molar-refractivity contribution in [2.45, 2.75) is 26.3 Å². The molecule has 0 amide bonds. The zero-order valence-corrected chi connectivity index (χ0v) is 11.0. The molecule has 1 aromatic heterocycles. The van der Waals surface area contributed by atoms with E-state index in [-0.39, 0.29) is 0 Å². The molecule has 80 valence electrons. The van der Waals surface area contributed by atoms with Gasteiger partial charge in [-0.2, -0.15) is 0 Å². The Hall–Kier alpha value is 0.0700. The second-order valence-electron chi connectivity index (χ2n) is 3.29. The molecule has 0 aromatic carbocycles. The van der Waals surface area contributed by atoms with Crippen molar-refractivity contribution >= 4 is 27.3 Å². The fraction of sp³-hybridized carbons (Fsp3) is 0.700. The highest BCUT2D eigenvalue weighted by atomic mass is 79.9. The van der Waals surface area contributed by atoms with Crippen LogP contribution in [0.15, 0.2) is 11.7 Å². The van der Waals surface area contributed by atoms with E-state index in [9.17, 15) is 0 Å². The SMILES string of the molecule is CCCCN(CCBr)Cc1cncs1. The quantitative estimate of drug-likeness (QED) is 0.712. The van der Waals surface area contributed by atoms with Crippen molar-refractivity contribution < 1.29 is 0 Å². The molecular formula is C10H17BrN2S. The van der Waals surface area contributed by atoms with E-state index < -0.39 is 0 Å². The average molecular weight is 277 g/mol. The van der Waals surface area contributed by atoms with E-state index in [0.29, 0.717) is 0 Å². The number of rotatable bonds is 7. The molecule has 0 saturated carbocycles. The number of hydrogen-bond donors (Lipinski definition) is 0. The van der Waals surface area contributed by atoms with Gasteiger partial charge in [-0.3, -0.25) is 9.88 Å². The molecule has 0 atom stereocenters. The third-order valence-corrected chi connectivity index (χ3v) is 3.21. The van der Waals surface area contributed by atoms with Gasteiger partial charge in [0.05, 0.1) is 5.51 Å². The third-order valence-electron chi connectivity index (χ3n) is 2.09. The molecule has 1 rings (SSSR count). The van der Waals surface area contributed by atoms with Crippen LogP contribution < -0.4 is 0 Å². The summed E-state index contributed by atoms with van der Waals surface area (Å²) in [5.41, 5.74) is 1.90. The predicted molar refractivity (Wildman–Crippen MR) is 66.1 cm³/mol. The largest absolute Gasteiger partial charge is 0.297 e. The van der Waals surface area contributed by atoms with Crippen LogP contribution in [0.25, 0.3) is 0 Å². The molecule has 1 aromatic rings. The van der Waals surface area contributed by atoms with Gasteiger partial charge in [0, 0.05) is 29.5 Å². The first-order valence-electron chi connectivity index (χ1n) is 5.02. The Morgan fingerprint density at radius 1 is 1.50 bits per heavy atom. The van der Waals surface area contributed by atoms with Crippen LogP contribution in [-0.4, -0.2) is 28.3 Å². The van der Waals surface area contributed by atoms with Crippen LogP contribution >= 0.6 is 27.3 Å². The van der Waals surface area contributed by atoms with E-state index >= 15 is 0 Å². The highest BCUT2D eigenvalue weighted by Gasteiger charge is 2.05. The number of nitrogens with zero attached hydrogens (tertiary/aromatic N) is 2. The topological polar surface area (TPSA) is 16.1 Å². The van der Waals surface area contributed by atoms with Gasteiger partial charge in [0.2, 0.25) is 0 Å². The lowest BCUT2D eigenvalue weighted by Crippen LogP contribution is -2.25. The molecule has 0 saturated heterocycles. The van der Waals surface area contributed by atoms with Crippen molar-refractivity contribution in [3.63, 3.8) is 0 Å². The van der Waals surface area contributed by atoms with Crippen LogP contribution in [0.1, 0.15) is 24.6 Å². The van der Waals surface area contributed by atoms with Crippen LogP contribution in [-0.2, 0) is 6.54 Å². The van der Waals surface area contributed by atoms with E-state index in [4.69, 9.17) is 0 Å². The van der Waals surface area contributed by atoms with Crippen LogP contribution in [0.3, 0.4) is 0 Å². The van der Waals surface area contributed by atoms with E-state index in [2.05, 4.69) is 32.7 Å². The Kier molecular flexibility index (Phi) is 6.39. The van der Waals surface area contributed by atoms with Crippen molar-refractivity contribution in [2.24, 2.45) is 0 Å². The fourth-order valence-electron chi connectivity index (χ4n) is 1.31. The van der Waals surface area contributed by atoms with E-state index in [0.717, 1.165) is 18.4 Å². The summed E-state index contributed by atoms with van der Waals surface area (Å²) in [5, 5.41) is 1.05. The van der Waals surface area contributed by atoms with Gasteiger partial charge in [-0.15, -0.1) is 11.3 Å². The van der Waals surface area contributed by atoms with Gasteiger partial charge in [-0.25, -0.2) is 0 Å². The summed E-state index contributed by atoms with van der Waals surface area (Å²) >= 11 is 5.23. The van der Waals surface area contributed by atoms with Gasteiger partial charge in [-0.05, 0) is 13.0 Å². The number of hydrogen-bond acceptors (Lipinski definition) is 3. The summed E-state index contributed by atoms with van der Waals surface area (Å²) < 4.78 is 0. The molecule has 0 aliphatic rings. The van der Waals surface area contributed by atoms with Crippen molar-refractivity contribution in [3.8, 4) is 0 Å². The minimum atomic E-state index is 1.05. The summed E-state index contributed by atoms with van der Waals surface area (Å²) in [4.78, 5) is 7.94. The first-order chi connectivity index (χ1) is 6.86. The fourth-order valence-corrected chi connectivity index (χ4v) is 2.45. The predicted octanol–water partition coefficient (Wildman–Crippen LogP) is 3.14. The maximum absolute atomic E-state index is 4.10. The summed E-state index contributed by atoms with van der Waals surface area (Å²) in [7, 11) is 0. The minimum Gasteiger partial charge on any atom is -0.297 e. The number of unbranched alkanes of at least 4 members (excludes halogenated alkanes) is 1. The first-order valence-corrected chi connectivity index (χ1v) is 7.02. The minimum absolute atomic E-state index is 1.05. The van der Waals surface area contributed by atoms with Crippen molar-refractivity contribution in [3.05, 3.63) is 16.6 Å². The Labute approximate surface area is 98.5 Å². The van der Waals surface area contributed by atoms with Crippen molar-refractivity contribution in [1.29, 1.82) is 0 Å². The molecule has 0 aliphatic heterocycles. The van der Waals surface area contributed by atoms with Gasteiger partial charge in [0.1, 0.15) is 0 Å². The normalized spacial score (nSPS) is 11.1. The molecule has 4 heteroatoms. The molecule has 0 unspecified atom stereocenters. The first kappa shape index (κ1) is 12.1. The molecule has 0 N–H and O–H groups in total. The molecule has 0 spiro atoms. The Morgan fingerprint density at radius 2 is 2.36 bits per heavy atom. The van der Waals surface area contributed by atoms with E-state index in [1.165, 1.54) is 24.3 Å². The molecule has 0 bridgehead atoms. The third kappa shape index (κ3) is 4.53. The number of alkyl halides is 1. The molecule has 14 heavy (non-hydrogen) atoms. The van der Waals surface area contributed by atoms with Gasteiger partial charge in [0.15, 0.2) is 0 Å². The Morgan fingerprint density at radius 3 is 2.93 bits per heavy atom. The lowest BCUT2D eigenvalue weighted by molar-refractivity contribution is 0.280. The zero-order chi connectivity index (χ0) is 10.2. The molecular weight excluding hydrogens is 260 g/mol. The standard InChI is InChI=1S/C10H17BrN2S/c1-2-3-5-13(6-4-11)8-10-7-12-9-14-10/h7,9H,2-6,8H2,1H3. The summed E-state index contributed by atoms with van der Waals surface area (Å²) in [6.45, 7) is 5.60. The van der Waals surface area contributed by atoms with Gasteiger partial charge in [-0.1, -0.05) is 29.3 Å². The number of thiazole rings is 1. The zero-order valence-electron chi connectivity index (χ0n) is 8.58. The van der Waals surface area contributed by atoms with Crippen LogP contribution in [0.4, 0.5) is 0 Å². The smallest absolute Gasteiger partial charge is 0.0794 e. The monoisotopic (exact) mass is 276 g/mol. The molecule has 2 nitrogen and oxygen atoms in total. The van der Waals surface area contributed by atoms with Crippen molar-refractivity contribution in [1.82, 2.24) is 9.88 Å². The Bertz CT molecular complexity index is 226. The number of aromatic nitrogens is 1. The second-order valence-corrected chi connectivity index (χ2v) is 5.05. The van der Waals surface area contributed by atoms with Gasteiger partial charge < -0.3 is 0 Å². The molecule has 0 fully saturated rings. The highest BCUT2D eigenvalue weighted by molar-refractivity contribution is 9.09. The van der Waals surface area contributed by atoms with Crippen LogP contribution in [0, 0.1) is 0 Å². The summed E-state index contributed by atoms with van der Waals surface area (Å²) in [6.07, 6.45) is 4.52. The molecule has 0 radical (unpaired) electrons. The highest BCUT2D eigenvalue weighted by Crippen LogP contribution is 2.10. The van der Waals surface area contributed by atoms with E-state index in [1.54, 1.807) is 11.3 Å². The summed E-state index contributed by atoms with van der Waals surface area (Å²) in [5.74, 6) is 0. The molecule has 0 aliphatic carbocycles. The molecule has 1 heterocycles. The maximum atomic E-state index is 4.10. The summed E-state index contributed by atoms with van der Waals surface area (Å²) in [6, 6.07) is 0. The average Bonchev–Trinajstić information content (AvgIpc) is 2.67. The number of halogens is 1. The Balaban J connectivity index is 2.34. The van der Waals surface area contributed by atoms with Crippen molar-refractivity contribution in [2.75, 3.05) is 18.4 Å². The van der Waals surface area contributed by atoms with Gasteiger partial charge >= 0.3 is 0 Å². The van der Waals surface area contributed by atoms with Gasteiger partial charge in [0.25, 0.3) is 0 Å². The van der Waals surface area contributed by atoms with Crippen LogP contribution in [0.2, 0.25) is 0 Å². The lowest BCUT2D eigenvalue weighted by atomic mass is 10.3. The second kappa shape index (κ2) is 7.37. The van der Waals surface area contributed by atoms with Crippen LogP contribution in [0.5, 0.6) is 0 Å². The maximum Gasteiger partial charge on any atom is 0.0794 e. The van der Waals surface area contributed by atoms with E-state index in [1.807, 2.05) is 11.7 Å². The lowest BCUT2D eigenvalue weighted by Gasteiger charge is -2.19.